The van der Waals surface area contributed by atoms with E-state index in [4.69, 9.17) is 10.5 Å². The monoisotopic (exact) mass is 247 g/mol. The third kappa shape index (κ3) is 3.08. The van der Waals surface area contributed by atoms with Crippen molar-refractivity contribution in [3.63, 3.8) is 0 Å². The quantitative estimate of drug-likeness (QED) is 0.876. The van der Waals surface area contributed by atoms with Gasteiger partial charge in [0.15, 0.2) is 0 Å². The maximum atomic E-state index is 6.21. The highest BCUT2D eigenvalue weighted by molar-refractivity contribution is 7.08. The van der Waals surface area contributed by atoms with Gasteiger partial charge in [0.05, 0.1) is 12.6 Å². The number of ether oxygens (including phenoxy) is 1. The molecular formula is C14H17NOS. The van der Waals surface area contributed by atoms with Crippen molar-refractivity contribution in [2.24, 2.45) is 5.73 Å². The zero-order chi connectivity index (χ0) is 12.1. The fraction of sp³-hybridized carbons (Fsp3) is 0.286. The fourth-order valence-corrected chi connectivity index (χ4v) is 2.36. The topological polar surface area (TPSA) is 35.2 Å². The highest BCUT2D eigenvalue weighted by atomic mass is 32.1. The normalized spacial score (nSPS) is 12.4. The lowest BCUT2D eigenvalue weighted by molar-refractivity contribution is 0.317. The molecule has 1 aromatic heterocycles. The Hall–Kier alpha value is -1.32. The number of benzene rings is 1. The first kappa shape index (κ1) is 12.1. The summed E-state index contributed by atoms with van der Waals surface area (Å²) in [6.07, 6.45) is 1.01. The van der Waals surface area contributed by atoms with Crippen molar-refractivity contribution in [3.8, 4) is 5.75 Å². The molecule has 2 nitrogen and oxygen atoms in total. The molecule has 0 aliphatic heterocycles. The molecule has 17 heavy (non-hydrogen) atoms. The van der Waals surface area contributed by atoms with Gasteiger partial charge in [0.1, 0.15) is 5.75 Å². The Balaban J connectivity index is 2.15. The molecule has 0 saturated carbocycles. The van der Waals surface area contributed by atoms with Crippen molar-refractivity contribution < 1.29 is 4.74 Å². The first-order chi connectivity index (χ1) is 8.31. The third-order valence-electron chi connectivity index (χ3n) is 2.59. The minimum absolute atomic E-state index is 0.0635. The molecule has 2 rings (SSSR count). The van der Waals surface area contributed by atoms with E-state index in [9.17, 15) is 0 Å². The third-order valence-corrected chi connectivity index (χ3v) is 3.29. The van der Waals surface area contributed by atoms with Crippen molar-refractivity contribution >= 4 is 11.3 Å². The highest BCUT2D eigenvalue weighted by Crippen LogP contribution is 2.24. The molecule has 1 unspecified atom stereocenters. The second kappa shape index (κ2) is 5.84. The average molecular weight is 247 g/mol. The molecule has 0 aliphatic carbocycles. The number of thiophene rings is 1. The molecule has 0 saturated heterocycles. The number of rotatable bonds is 5. The lowest BCUT2D eigenvalue weighted by Crippen LogP contribution is -2.10. The standard InChI is InChI=1S/C14H17NOS/c1-2-7-16-13-5-3-4-11(9-13)14(15)12-6-8-17-10-12/h3-6,8-10,14H,2,7,15H2,1H3. The van der Waals surface area contributed by atoms with Crippen molar-refractivity contribution in [1.29, 1.82) is 0 Å². The smallest absolute Gasteiger partial charge is 0.119 e. The van der Waals surface area contributed by atoms with E-state index in [0.717, 1.165) is 29.9 Å². The van der Waals surface area contributed by atoms with Crippen molar-refractivity contribution in [2.45, 2.75) is 19.4 Å². The zero-order valence-electron chi connectivity index (χ0n) is 9.93. The largest absolute Gasteiger partial charge is 0.494 e. The van der Waals surface area contributed by atoms with Crippen LogP contribution in [0.25, 0.3) is 0 Å². The number of hydrogen-bond donors (Lipinski definition) is 1. The summed E-state index contributed by atoms with van der Waals surface area (Å²) in [5.41, 5.74) is 8.46. The Morgan fingerprint density at radius 3 is 2.88 bits per heavy atom. The molecule has 90 valence electrons. The van der Waals surface area contributed by atoms with Gasteiger partial charge in [-0.05, 0) is 46.5 Å². The lowest BCUT2D eigenvalue weighted by atomic mass is 10.0. The molecule has 0 aliphatic rings. The summed E-state index contributed by atoms with van der Waals surface area (Å²) >= 11 is 1.67. The van der Waals surface area contributed by atoms with Crippen LogP contribution in [0, 0.1) is 0 Å². The molecule has 0 bridgehead atoms. The van der Waals surface area contributed by atoms with Crippen LogP contribution in [0.4, 0.5) is 0 Å². The van der Waals surface area contributed by atoms with Gasteiger partial charge in [-0.2, -0.15) is 11.3 Å². The van der Waals surface area contributed by atoms with Crippen LogP contribution >= 0.6 is 11.3 Å². The first-order valence-corrected chi connectivity index (χ1v) is 6.76. The molecule has 0 amide bonds. The van der Waals surface area contributed by atoms with Crippen LogP contribution < -0.4 is 10.5 Å². The Kier molecular flexibility index (Phi) is 4.18. The van der Waals surface area contributed by atoms with Crippen LogP contribution in [-0.4, -0.2) is 6.61 Å². The van der Waals surface area contributed by atoms with Gasteiger partial charge in [-0.1, -0.05) is 19.1 Å². The van der Waals surface area contributed by atoms with Gasteiger partial charge in [0.25, 0.3) is 0 Å². The molecular weight excluding hydrogens is 230 g/mol. The van der Waals surface area contributed by atoms with Crippen molar-refractivity contribution in [2.75, 3.05) is 6.61 Å². The summed E-state index contributed by atoms with van der Waals surface area (Å²) in [5.74, 6) is 0.898. The van der Waals surface area contributed by atoms with E-state index in [-0.39, 0.29) is 6.04 Å². The van der Waals surface area contributed by atoms with Gasteiger partial charge in [0, 0.05) is 0 Å². The first-order valence-electron chi connectivity index (χ1n) is 5.81. The van der Waals surface area contributed by atoms with E-state index in [1.807, 2.05) is 29.6 Å². The maximum absolute atomic E-state index is 6.21. The second-order valence-electron chi connectivity index (χ2n) is 3.96. The van der Waals surface area contributed by atoms with Crippen molar-refractivity contribution in [3.05, 3.63) is 52.2 Å². The molecule has 1 aromatic carbocycles. The fourth-order valence-electron chi connectivity index (χ4n) is 1.66. The Bertz CT molecular complexity index is 453. The molecule has 3 heteroatoms. The van der Waals surface area contributed by atoms with Crippen LogP contribution in [0.2, 0.25) is 0 Å². The van der Waals surface area contributed by atoms with E-state index in [2.05, 4.69) is 18.4 Å². The highest BCUT2D eigenvalue weighted by Gasteiger charge is 2.09. The van der Waals surface area contributed by atoms with E-state index >= 15 is 0 Å². The van der Waals surface area contributed by atoms with Gasteiger partial charge >= 0.3 is 0 Å². The summed E-state index contributed by atoms with van der Waals surface area (Å²) in [5, 5.41) is 4.14. The molecule has 0 spiro atoms. The Labute approximate surface area is 106 Å². The van der Waals surface area contributed by atoms with Crippen LogP contribution in [0.5, 0.6) is 5.75 Å². The van der Waals surface area contributed by atoms with Crippen molar-refractivity contribution in [1.82, 2.24) is 0 Å². The van der Waals surface area contributed by atoms with Gasteiger partial charge in [0.2, 0.25) is 0 Å². The van der Waals surface area contributed by atoms with Gasteiger partial charge in [-0.3, -0.25) is 0 Å². The molecule has 0 radical (unpaired) electrons. The minimum atomic E-state index is -0.0635. The Morgan fingerprint density at radius 1 is 1.29 bits per heavy atom. The minimum Gasteiger partial charge on any atom is -0.494 e. The van der Waals surface area contributed by atoms with E-state index in [1.165, 1.54) is 0 Å². The molecule has 2 N–H and O–H groups in total. The van der Waals surface area contributed by atoms with Gasteiger partial charge in [-0.15, -0.1) is 0 Å². The van der Waals surface area contributed by atoms with Crippen LogP contribution in [0.3, 0.4) is 0 Å². The maximum Gasteiger partial charge on any atom is 0.119 e. The SMILES string of the molecule is CCCOc1cccc(C(N)c2ccsc2)c1. The number of nitrogens with two attached hydrogens (primary N) is 1. The van der Waals surface area contributed by atoms with Gasteiger partial charge in [-0.25, -0.2) is 0 Å². The predicted octanol–water partition coefficient (Wildman–Crippen LogP) is 3.59. The van der Waals surface area contributed by atoms with Crippen LogP contribution in [-0.2, 0) is 0 Å². The lowest BCUT2D eigenvalue weighted by Gasteiger charge is -2.12. The number of hydrogen-bond acceptors (Lipinski definition) is 3. The van der Waals surface area contributed by atoms with E-state index < -0.39 is 0 Å². The van der Waals surface area contributed by atoms with E-state index in [1.54, 1.807) is 11.3 Å². The summed E-state index contributed by atoms with van der Waals surface area (Å²) in [6, 6.07) is 10.0. The van der Waals surface area contributed by atoms with Crippen LogP contribution in [0.15, 0.2) is 41.1 Å². The summed E-state index contributed by atoms with van der Waals surface area (Å²) in [6.45, 7) is 2.85. The molecule has 1 atom stereocenters. The summed E-state index contributed by atoms with van der Waals surface area (Å²) in [4.78, 5) is 0. The predicted molar refractivity (Wildman–Crippen MR) is 72.6 cm³/mol. The summed E-state index contributed by atoms with van der Waals surface area (Å²) < 4.78 is 5.61. The Morgan fingerprint density at radius 2 is 2.18 bits per heavy atom. The summed E-state index contributed by atoms with van der Waals surface area (Å²) in [7, 11) is 0. The van der Waals surface area contributed by atoms with Gasteiger partial charge < -0.3 is 10.5 Å². The van der Waals surface area contributed by atoms with Crippen LogP contribution in [0.1, 0.15) is 30.5 Å². The second-order valence-corrected chi connectivity index (χ2v) is 4.74. The zero-order valence-corrected chi connectivity index (χ0v) is 10.7. The average Bonchev–Trinajstić information content (AvgIpc) is 2.89. The molecule has 2 aromatic rings. The molecule has 0 fully saturated rings. The molecule has 1 heterocycles. The van der Waals surface area contributed by atoms with E-state index in [0.29, 0.717) is 0 Å².